The van der Waals surface area contributed by atoms with E-state index >= 15 is 0 Å². The van der Waals surface area contributed by atoms with Crippen LogP contribution in [0.25, 0.3) is 0 Å². The lowest BCUT2D eigenvalue weighted by molar-refractivity contribution is 0.580. The molecular formula is C12H12FN3S. The number of benzene rings is 1. The predicted molar refractivity (Wildman–Crippen MR) is 66.4 cm³/mol. The zero-order valence-electron chi connectivity index (χ0n) is 9.57. The molecule has 0 saturated heterocycles. The van der Waals surface area contributed by atoms with Gasteiger partial charge in [0.05, 0.1) is 6.20 Å². The van der Waals surface area contributed by atoms with Crippen LogP contribution in [-0.4, -0.2) is 9.97 Å². The number of halogens is 1. The SMILES string of the molecule is Cc1ccc(Sc2nc(N)ncc2F)c(C)c1. The van der Waals surface area contributed by atoms with Gasteiger partial charge in [-0.3, -0.25) is 0 Å². The highest BCUT2D eigenvalue weighted by Crippen LogP contribution is 2.31. The van der Waals surface area contributed by atoms with E-state index in [4.69, 9.17) is 5.73 Å². The summed E-state index contributed by atoms with van der Waals surface area (Å²) in [5.74, 6) is -0.372. The number of aryl methyl sites for hydroxylation is 2. The number of hydrogen-bond donors (Lipinski definition) is 1. The maximum Gasteiger partial charge on any atom is 0.221 e. The van der Waals surface area contributed by atoms with E-state index in [1.807, 2.05) is 32.0 Å². The Kier molecular flexibility index (Phi) is 3.28. The van der Waals surface area contributed by atoms with Crippen LogP contribution in [0.4, 0.5) is 10.3 Å². The average Bonchev–Trinajstić information content (AvgIpc) is 2.27. The molecule has 5 heteroatoms. The van der Waals surface area contributed by atoms with Gasteiger partial charge in [0.15, 0.2) is 5.82 Å². The highest BCUT2D eigenvalue weighted by molar-refractivity contribution is 7.99. The summed E-state index contributed by atoms with van der Waals surface area (Å²) in [5.41, 5.74) is 7.71. The number of nitrogens with zero attached hydrogens (tertiary/aromatic N) is 2. The maximum atomic E-state index is 13.5. The molecule has 0 fully saturated rings. The van der Waals surface area contributed by atoms with Crippen LogP contribution in [0.3, 0.4) is 0 Å². The van der Waals surface area contributed by atoms with Crippen molar-refractivity contribution in [3.63, 3.8) is 0 Å². The topological polar surface area (TPSA) is 51.8 Å². The van der Waals surface area contributed by atoms with E-state index in [0.717, 1.165) is 16.7 Å². The van der Waals surface area contributed by atoms with Crippen LogP contribution < -0.4 is 5.73 Å². The molecule has 0 radical (unpaired) electrons. The van der Waals surface area contributed by atoms with Gasteiger partial charge in [-0.2, -0.15) is 0 Å². The van der Waals surface area contributed by atoms with E-state index < -0.39 is 5.82 Å². The third-order valence-electron chi connectivity index (χ3n) is 2.27. The van der Waals surface area contributed by atoms with Crippen LogP contribution in [0.5, 0.6) is 0 Å². The van der Waals surface area contributed by atoms with Crippen LogP contribution in [0.15, 0.2) is 34.3 Å². The summed E-state index contributed by atoms with van der Waals surface area (Å²) < 4.78 is 13.5. The molecule has 2 N–H and O–H groups in total. The smallest absolute Gasteiger partial charge is 0.221 e. The first kappa shape index (κ1) is 11.9. The summed E-state index contributed by atoms with van der Waals surface area (Å²) in [6.07, 6.45) is 1.09. The lowest BCUT2D eigenvalue weighted by Crippen LogP contribution is -1.98. The van der Waals surface area contributed by atoms with Gasteiger partial charge in [-0.25, -0.2) is 14.4 Å². The van der Waals surface area contributed by atoms with Crippen LogP contribution in [0, 0.1) is 19.7 Å². The molecule has 3 nitrogen and oxygen atoms in total. The summed E-state index contributed by atoms with van der Waals surface area (Å²) in [6.45, 7) is 4.00. The van der Waals surface area contributed by atoms with Crippen LogP contribution in [0.1, 0.15) is 11.1 Å². The summed E-state index contributed by atoms with van der Waals surface area (Å²) in [4.78, 5) is 8.45. The Morgan fingerprint density at radius 2 is 2.06 bits per heavy atom. The van der Waals surface area contributed by atoms with Gasteiger partial charge in [-0.15, -0.1) is 0 Å². The number of nitrogen functional groups attached to an aromatic ring is 1. The fourth-order valence-electron chi connectivity index (χ4n) is 1.45. The minimum atomic E-state index is -0.454. The Hall–Kier alpha value is -1.62. The zero-order valence-corrected chi connectivity index (χ0v) is 10.4. The molecule has 0 amide bonds. The molecule has 0 unspecified atom stereocenters. The highest BCUT2D eigenvalue weighted by Gasteiger charge is 2.09. The molecule has 0 bridgehead atoms. The second-order valence-electron chi connectivity index (χ2n) is 3.75. The molecule has 1 heterocycles. The van der Waals surface area contributed by atoms with Gasteiger partial charge in [-0.05, 0) is 25.5 Å². The Labute approximate surface area is 103 Å². The van der Waals surface area contributed by atoms with Crippen LogP contribution in [-0.2, 0) is 0 Å². The molecule has 1 aromatic heterocycles. The average molecular weight is 249 g/mol. The molecule has 0 spiro atoms. The highest BCUT2D eigenvalue weighted by atomic mass is 32.2. The van der Waals surface area contributed by atoms with Gasteiger partial charge in [0.2, 0.25) is 5.95 Å². The number of hydrogen-bond acceptors (Lipinski definition) is 4. The number of nitrogens with two attached hydrogens (primary N) is 1. The van der Waals surface area contributed by atoms with Gasteiger partial charge in [0.1, 0.15) is 5.03 Å². The third kappa shape index (κ3) is 2.74. The molecule has 2 rings (SSSR count). The normalized spacial score (nSPS) is 10.5. The molecule has 0 aliphatic heterocycles. The molecule has 0 atom stereocenters. The summed E-state index contributed by atoms with van der Waals surface area (Å²) >= 11 is 1.26. The Bertz CT molecular complexity index is 557. The van der Waals surface area contributed by atoms with Crippen molar-refractivity contribution in [2.75, 3.05) is 5.73 Å². The van der Waals surface area contributed by atoms with Crippen molar-refractivity contribution in [3.05, 3.63) is 41.3 Å². The van der Waals surface area contributed by atoms with Crippen molar-refractivity contribution in [2.24, 2.45) is 0 Å². The van der Waals surface area contributed by atoms with E-state index in [-0.39, 0.29) is 11.0 Å². The van der Waals surface area contributed by atoms with Crippen molar-refractivity contribution in [3.8, 4) is 0 Å². The Balaban J connectivity index is 2.34. The molecule has 88 valence electrons. The molecule has 0 aliphatic rings. The van der Waals surface area contributed by atoms with Crippen LogP contribution >= 0.6 is 11.8 Å². The van der Waals surface area contributed by atoms with Crippen molar-refractivity contribution in [1.29, 1.82) is 0 Å². The first-order valence-electron chi connectivity index (χ1n) is 5.09. The van der Waals surface area contributed by atoms with Gasteiger partial charge in [0, 0.05) is 4.90 Å². The van der Waals surface area contributed by atoms with Gasteiger partial charge >= 0.3 is 0 Å². The summed E-state index contributed by atoms with van der Waals surface area (Å²) in [5, 5.41) is 0.254. The lowest BCUT2D eigenvalue weighted by Gasteiger charge is -2.06. The molecule has 17 heavy (non-hydrogen) atoms. The number of aromatic nitrogens is 2. The minimum Gasteiger partial charge on any atom is -0.368 e. The fourth-order valence-corrected chi connectivity index (χ4v) is 2.31. The number of anilines is 1. The van der Waals surface area contributed by atoms with Crippen LogP contribution in [0.2, 0.25) is 0 Å². The van der Waals surface area contributed by atoms with Gasteiger partial charge in [0.25, 0.3) is 0 Å². The molecule has 0 aliphatic carbocycles. The molecular weight excluding hydrogens is 237 g/mol. The monoisotopic (exact) mass is 249 g/mol. The second kappa shape index (κ2) is 4.71. The van der Waals surface area contributed by atoms with Crippen molar-refractivity contribution in [1.82, 2.24) is 9.97 Å². The van der Waals surface area contributed by atoms with E-state index in [1.54, 1.807) is 0 Å². The lowest BCUT2D eigenvalue weighted by atomic mass is 10.2. The zero-order chi connectivity index (χ0) is 12.4. The fraction of sp³-hybridized carbons (Fsp3) is 0.167. The predicted octanol–water partition coefficient (Wildman–Crippen LogP) is 2.97. The third-order valence-corrected chi connectivity index (χ3v) is 3.43. The first-order chi connectivity index (χ1) is 8.06. The first-order valence-corrected chi connectivity index (χ1v) is 5.91. The molecule has 0 saturated carbocycles. The minimum absolute atomic E-state index is 0.0821. The van der Waals surface area contributed by atoms with E-state index in [2.05, 4.69) is 9.97 Å². The van der Waals surface area contributed by atoms with E-state index in [9.17, 15) is 4.39 Å². The Morgan fingerprint density at radius 1 is 1.29 bits per heavy atom. The summed E-state index contributed by atoms with van der Waals surface area (Å²) in [6, 6.07) is 5.98. The molecule has 1 aromatic carbocycles. The van der Waals surface area contributed by atoms with Crippen molar-refractivity contribution < 1.29 is 4.39 Å². The van der Waals surface area contributed by atoms with E-state index in [0.29, 0.717) is 0 Å². The van der Waals surface area contributed by atoms with Gasteiger partial charge in [-0.1, -0.05) is 29.5 Å². The standard InChI is InChI=1S/C12H12FN3S/c1-7-3-4-10(8(2)5-7)17-11-9(13)6-15-12(14)16-11/h3-6H,1-2H3,(H2,14,15,16). The maximum absolute atomic E-state index is 13.5. The summed E-state index contributed by atoms with van der Waals surface area (Å²) in [7, 11) is 0. The van der Waals surface area contributed by atoms with Crippen molar-refractivity contribution >= 4 is 17.7 Å². The van der Waals surface area contributed by atoms with Gasteiger partial charge < -0.3 is 5.73 Å². The number of rotatable bonds is 2. The quantitative estimate of drug-likeness (QED) is 0.831. The van der Waals surface area contributed by atoms with Crippen molar-refractivity contribution in [2.45, 2.75) is 23.8 Å². The van der Waals surface area contributed by atoms with E-state index in [1.165, 1.54) is 17.3 Å². The largest absolute Gasteiger partial charge is 0.368 e. The Morgan fingerprint density at radius 3 is 2.76 bits per heavy atom. The second-order valence-corrected chi connectivity index (χ2v) is 4.78. The molecule has 2 aromatic rings.